The van der Waals surface area contributed by atoms with Gasteiger partial charge >= 0.3 is 0 Å². The molecule has 0 N–H and O–H groups in total. The monoisotopic (exact) mass is 623 g/mol. The third kappa shape index (κ3) is 4.44. The molecule has 3 heteroatoms. The fraction of sp³-hybridized carbons (Fsp3) is 0. The maximum absolute atomic E-state index is 5.29. The SMILES string of the molecule is c1ccc(-c2ccc(-c3nc4cc(n3)c3ccccc3c3cc(cc5c6ccccc6n(-c6ccccc6)c35)c3ccccc43)cc2)cc1. The number of aromatic nitrogens is 3. The van der Waals surface area contributed by atoms with Crippen molar-refractivity contribution in [1.82, 2.24) is 14.5 Å². The van der Waals surface area contributed by atoms with E-state index in [1.54, 1.807) is 0 Å². The molecule has 8 aromatic carbocycles. The first kappa shape index (κ1) is 27.5. The predicted molar refractivity (Wildman–Crippen MR) is 206 cm³/mol. The second-order valence-corrected chi connectivity index (χ2v) is 12.6. The molecule has 0 aliphatic heterocycles. The van der Waals surface area contributed by atoms with Crippen LogP contribution in [0.5, 0.6) is 0 Å². The molecule has 3 nitrogen and oxygen atoms in total. The van der Waals surface area contributed by atoms with Crippen LogP contribution in [0, 0.1) is 0 Å². The van der Waals surface area contributed by atoms with E-state index < -0.39 is 0 Å². The second kappa shape index (κ2) is 11.0. The Morgan fingerprint density at radius 2 is 0.837 bits per heavy atom. The average molecular weight is 624 g/mol. The summed E-state index contributed by atoms with van der Waals surface area (Å²) < 4.78 is 2.42. The Balaban J connectivity index is 1.38. The summed E-state index contributed by atoms with van der Waals surface area (Å²) in [4.78, 5) is 10.5. The molecule has 0 radical (unpaired) electrons. The summed E-state index contributed by atoms with van der Waals surface area (Å²) in [5.41, 5.74) is 8.67. The minimum atomic E-state index is 0.712. The average Bonchev–Trinajstić information content (AvgIpc) is 3.52. The molecule has 10 rings (SSSR count). The summed E-state index contributed by atoms with van der Waals surface area (Å²) in [7, 11) is 0. The Bertz CT molecular complexity index is 2910. The first-order valence-electron chi connectivity index (χ1n) is 16.7. The van der Waals surface area contributed by atoms with Gasteiger partial charge in [0, 0.05) is 38.2 Å². The van der Waals surface area contributed by atoms with E-state index in [0.717, 1.165) is 43.8 Å². The van der Waals surface area contributed by atoms with Gasteiger partial charge in [0.15, 0.2) is 5.82 Å². The zero-order valence-electron chi connectivity index (χ0n) is 26.6. The molecule has 0 atom stereocenters. The molecule has 4 bridgehead atoms. The molecule has 0 amide bonds. The number of nitrogens with zero attached hydrogens (tertiary/aromatic N) is 3. The molecule has 0 aliphatic rings. The van der Waals surface area contributed by atoms with Crippen LogP contribution in [-0.2, 0) is 0 Å². The van der Waals surface area contributed by atoms with Crippen LogP contribution < -0.4 is 0 Å². The van der Waals surface area contributed by atoms with Crippen LogP contribution in [0.1, 0.15) is 0 Å². The number of para-hydroxylation sites is 2. The summed E-state index contributed by atoms with van der Waals surface area (Å²) in [5, 5.41) is 9.25. The van der Waals surface area contributed by atoms with Gasteiger partial charge in [0.25, 0.3) is 0 Å². The maximum Gasteiger partial charge on any atom is 0.160 e. The Kier molecular flexibility index (Phi) is 6.18. The zero-order chi connectivity index (χ0) is 32.3. The van der Waals surface area contributed by atoms with Crippen LogP contribution >= 0.6 is 0 Å². The Hall–Kier alpha value is -6.58. The van der Waals surface area contributed by atoms with Crippen LogP contribution in [0.15, 0.2) is 176 Å². The van der Waals surface area contributed by atoms with E-state index in [2.05, 4.69) is 174 Å². The highest BCUT2D eigenvalue weighted by Gasteiger charge is 2.17. The number of hydrogen-bond acceptors (Lipinski definition) is 2. The molecule has 0 unspecified atom stereocenters. The van der Waals surface area contributed by atoms with E-state index in [-0.39, 0.29) is 0 Å². The van der Waals surface area contributed by atoms with Gasteiger partial charge in [0.2, 0.25) is 0 Å². The Labute approximate surface area is 283 Å². The van der Waals surface area contributed by atoms with Crippen LogP contribution in [0.3, 0.4) is 0 Å². The van der Waals surface area contributed by atoms with Crippen molar-refractivity contribution in [2.45, 2.75) is 0 Å². The number of rotatable bonds is 3. The quantitative estimate of drug-likeness (QED) is 0.196. The van der Waals surface area contributed by atoms with Crippen LogP contribution in [-0.4, -0.2) is 14.5 Å². The van der Waals surface area contributed by atoms with Gasteiger partial charge in [0.1, 0.15) is 0 Å². The summed E-state index contributed by atoms with van der Waals surface area (Å²) in [6.45, 7) is 0. The maximum atomic E-state index is 5.29. The van der Waals surface area contributed by atoms with Crippen LogP contribution in [0.25, 0.3) is 93.4 Å². The minimum absolute atomic E-state index is 0.712. The zero-order valence-corrected chi connectivity index (χ0v) is 26.6. The molecule has 228 valence electrons. The second-order valence-electron chi connectivity index (χ2n) is 12.6. The van der Waals surface area contributed by atoms with Crippen molar-refractivity contribution in [3.8, 4) is 28.2 Å². The van der Waals surface area contributed by atoms with E-state index in [1.165, 1.54) is 43.7 Å². The predicted octanol–water partition coefficient (Wildman–Crippen LogP) is 12.1. The van der Waals surface area contributed by atoms with E-state index in [9.17, 15) is 0 Å². The topological polar surface area (TPSA) is 30.7 Å². The largest absolute Gasteiger partial charge is 0.309 e. The molecule has 0 saturated heterocycles. The van der Waals surface area contributed by atoms with Gasteiger partial charge in [-0.3, -0.25) is 0 Å². The number of fused-ring (bicyclic) bond motifs is 14. The fourth-order valence-corrected chi connectivity index (χ4v) is 7.50. The standard InChI is InChI=1S/C46H29N3/c1-3-13-30(14-4-1)31-23-25-32(26-24-31)46-47-42-29-43(48-46)38-20-10-8-18-36(38)40-27-33(35-17-7-9-19-37(35)42)28-41-39-21-11-12-22-44(39)49(45(40)41)34-15-5-2-6-16-34/h1-29H. The third-order valence-corrected chi connectivity index (χ3v) is 9.77. The van der Waals surface area contributed by atoms with Crippen molar-refractivity contribution in [3.63, 3.8) is 0 Å². The molecule has 0 spiro atoms. The molecule has 0 aliphatic carbocycles. The summed E-state index contributed by atoms with van der Waals surface area (Å²) in [5.74, 6) is 0.712. The normalized spacial score (nSPS) is 11.7. The molecular formula is C46H29N3. The highest BCUT2D eigenvalue weighted by molar-refractivity contribution is 6.24. The Morgan fingerprint density at radius 1 is 0.347 bits per heavy atom. The lowest BCUT2D eigenvalue weighted by Gasteiger charge is -2.12. The van der Waals surface area contributed by atoms with Crippen molar-refractivity contribution in [2.75, 3.05) is 0 Å². The van der Waals surface area contributed by atoms with Gasteiger partial charge in [0.05, 0.1) is 22.1 Å². The minimum Gasteiger partial charge on any atom is -0.309 e. The molecule has 10 aromatic rings. The van der Waals surface area contributed by atoms with Crippen molar-refractivity contribution in [1.29, 1.82) is 0 Å². The molecule has 0 fully saturated rings. The molecule has 49 heavy (non-hydrogen) atoms. The fourth-order valence-electron chi connectivity index (χ4n) is 7.50. The highest BCUT2D eigenvalue weighted by atomic mass is 15.0. The lowest BCUT2D eigenvalue weighted by molar-refractivity contribution is 1.19. The first-order chi connectivity index (χ1) is 24.3. The van der Waals surface area contributed by atoms with E-state index in [1.807, 2.05) is 6.07 Å². The molecule has 2 aromatic heterocycles. The number of hydrogen-bond donors (Lipinski definition) is 0. The van der Waals surface area contributed by atoms with Crippen molar-refractivity contribution in [2.24, 2.45) is 0 Å². The van der Waals surface area contributed by atoms with Crippen LogP contribution in [0.4, 0.5) is 0 Å². The third-order valence-electron chi connectivity index (χ3n) is 9.77. The first-order valence-corrected chi connectivity index (χ1v) is 16.7. The molecular weight excluding hydrogens is 595 g/mol. The highest BCUT2D eigenvalue weighted by Crippen LogP contribution is 2.40. The van der Waals surface area contributed by atoms with E-state index in [0.29, 0.717) is 5.82 Å². The molecule has 0 saturated carbocycles. The smallest absolute Gasteiger partial charge is 0.160 e. The lowest BCUT2D eigenvalue weighted by atomic mass is 9.99. The van der Waals surface area contributed by atoms with Crippen molar-refractivity contribution >= 4 is 65.2 Å². The van der Waals surface area contributed by atoms with Gasteiger partial charge in [-0.1, -0.05) is 140 Å². The van der Waals surface area contributed by atoms with E-state index in [4.69, 9.17) is 9.97 Å². The van der Waals surface area contributed by atoms with Gasteiger partial charge < -0.3 is 4.57 Å². The van der Waals surface area contributed by atoms with E-state index >= 15 is 0 Å². The van der Waals surface area contributed by atoms with Gasteiger partial charge in [-0.25, -0.2) is 9.97 Å². The van der Waals surface area contributed by atoms with Crippen molar-refractivity contribution < 1.29 is 0 Å². The Morgan fingerprint density at radius 3 is 1.53 bits per heavy atom. The number of benzene rings is 7. The molecule has 2 heterocycles. The summed E-state index contributed by atoms with van der Waals surface area (Å²) in [6, 6.07) is 62.7. The summed E-state index contributed by atoms with van der Waals surface area (Å²) >= 11 is 0. The summed E-state index contributed by atoms with van der Waals surface area (Å²) in [6.07, 6.45) is 0. The van der Waals surface area contributed by atoms with Gasteiger partial charge in [-0.2, -0.15) is 0 Å². The lowest BCUT2D eigenvalue weighted by Crippen LogP contribution is -1.94. The van der Waals surface area contributed by atoms with Crippen molar-refractivity contribution in [3.05, 3.63) is 176 Å². The van der Waals surface area contributed by atoms with Gasteiger partial charge in [-0.15, -0.1) is 0 Å². The van der Waals surface area contributed by atoms with Crippen LogP contribution in [0.2, 0.25) is 0 Å². The van der Waals surface area contributed by atoms with Gasteiger partial charge in [-0.05, 0) is 63.7 Å².